The molecular formula is C12H22O5S2. The summed E-state index contributed by atoms with van der Waals surface area (Å²) in [5, 5.41) is 30.4. The number of aliphatic hydroxyl groups excluding tert-OH is 3. The Labute approximate surface area is 122 Å². The third-order valence-corrected chi connectivity index (χ3v) is 6.32. The summed E-state index contributed by atoms with van der Waals surface area (Å²) in [6.45, 7) is 3.74. The van der Waals surface area contributed by atoms with Crippen molar-refractivity contribution in [3.63, 3.8) is 0 Å². The van der Waals surface area contributed by atoms with Gasteiger partial charge in [0, 0.05) is 0 Å². The van der Waals surface area contributed by atoms with Crippen molar-refractivity contribution in [2.45, 2.75) is 55.1 Å². The van der Waals surface area contributed by atoms with E-state index in [0.717, 1.165) is 17.9 Å². The summed E-state index contributed by atoms with van der Waals surface area (Å²) in [7, 11) is 0. The summed E-state index contributed by atoms with van der Waals surface area (Å²) < 4.78 is 10.8. The molecule has 2 rings (SSSR count). The van der Waals surface area contributed by atoms with Gasteiger partial charge < -0.3 is 24.8 Å². The van der Waals surface area contributed by atoms with E-state index >= 15 is 0 Å². The van der Waals surface area contributed by atoms with Crippen LogP contribution in [0.25, 0.3) is 0 Å². The van der Waals surface area contributed by atoms with Crippen LogP contribution in [-0.2, 0) is 9.47 Å². The minimum absolute atomic E-state index is 0.0891. The molecule has 5 nitrogen and oxygen atoms in total. The molecule has 2 saturated heterocycles. The first-order valence-corrected chi connectivity index (χ1v) is 8.60. The van der Waals surface area contributed by atoms with Crippen LogP contribution in [0.4, 0.5) is 0 Å². The Hall–Kier alpha value is 0.500. The van der Waals surface area contributed by atoms with Crippen molar-refractivity contribution in [3.8, 4) is 0 Å². The van der Waals surface area contributed by atoms with Crippen molar-refractivity contribution in [3.05, 3.63) is 0 Å². The first-order chi connectivity index (χ1) is 8.91. The van der Waals surface area contributed by atoms with E-state index in [1.54, 1.807) is 37.4 Å². The van der Waals surface area contributed by atoms with Gasteiger partial charge >= 0.3 is 0 Å². The first kappa shape index (κ1) is 15.9. The lowest BCUT2D eigenvalue weighted by atomic mass is 10.0. The molecule has 0 aromatic rings. The van der Waals surface area contributed by atoms with Crippen LogP contribution >= 0.6 is 23.5 Å². The number of hydrogen-bond acceptors (Lipinski definition) is 7. The zero-order chi connectivity index (χ0) is 14.0. The predicted molar refractivity (Wildman–Crippen MR) is 76.2 cm³/mol. The molecule has 0 aromatic heterocycles. The lowest BCUT2D eigenvalue weighted by Gasteiger charge is -2.32. The molecule has 2 aliphatic heterocycles. The van der Waals surface area contributed by atoms with E-state index in [2.05, 4.69) is 0 Å². The van der Waals surface area contributed by atoms with Crippen LogP contribution in [0.5, 0.6) is 0 Å². The molecule has 0 bridgehead atoms. The van der Waals surface area contributed by atoms with Gasteiger partial charge in [0.15, 0.2) is 5.79 Å². The maximum absolute atomic E-state index is 10.2. The number of ether oxygens (including phenoxy) is 2. The fourth-order valence-electron chi connectivity index (χ4n) is 2.17. The average Bonchev–Trinajstić information content (AvgIpc) is 2.77. The third kappa shape index (κ3) is 4.00. The van der Waals surface area contributed by atoms with E-state index in [1.807, 2.05) is 0 Å². The number of thioether (sulfide) groups is 2. The minimum Gasteiger partial charge on any atom is -0.388 e. The largest absolute Gasteiger partial charge is 0.388 e. The second-order valence-electron chi connectivity index (χ2n) is 5.30. The van der Waals surface area contributed by atoms with E-state index in [1.165, 1.54) is 0 Å². The molecule has 0 spiro atoms. The Bertz CT molecular complexity index is 296. The van der Waals surface area contributed by atoms with Crippen LogP contribution < -0.4 is 0 Å². The van der Waals surface area contributed by atoms with Crippen LogP contribution in [0.3, 0.4) is 0 Å². The Morgan fingerprint density at radius 3 is 2.26 bits per heavy atom. The van der Waals surface area contributed by atoms with Crippen molar-refractivity contribution in [1.82, 2.24) is 0 Å². The molecule has 0 saturated carbocycles. The van der Waals surface area contributed by atoms with E-state index in [0.29, 0.717) is 0 Å². The molecule has 2 aliphatic rings. The molecule has 0 unspecified atom stereocenters. The smallest absolute Gasteiger partial charge is 0.163 e. The summed E-state index contributed by atoms with van der Waals surface area (Å²) in [4.78, 5) is 0. The maximum atomic E-state index is 10.2. The van der Waals surface area contributed by atoms with E-state index < -0.39 is 30.2 Å². The van der Waals surface area contributed by atoms with Gasteiger partial charge in [-0.2, -0.15) is 0 Å². The van der Waals surface area contributed by atoms with Gasteiger partial charge in [0.25, 0.3) is 0 Å². The predicted octanol–water partition coefficient (Wildman–Crippen LogP) is 0.417. The molecule has 0 aromatic carbocycles. The molecule has 19 heavy (non-hydrogen) atoms. The topological polar surface area (TPSA) is 79.2 Å². The van der Waals surface area contributed by atoms with Crippen molar-refractivity contribution in [2.75, 3.05) is 18.1 Å². The monoisotopic (exact) mass is 310 g/mol. The highest BCUT2D eigenvalue weighted by molar-refractivity contribution is 8.17. The van der Waals surface area contributed by atoms with Crippen molar-refractivity contribution in [2.24, 2.45) is 0 Å². The van der Waals surface area contributed by atoms with Crippen molar-refractivity contribution in [1.29, 1.82) is 0 Å². The summed E-state index contributed by atoms with van der Waals surface area (Å²) in [5.74, 6) is 1.21. The Balaban J connectivity index is 1.89. The highest BCUT2D eigenvalue weighted by atomic mass is 32.2. The standard InChI is InChI=1S/C12H22O5S2/c1-12(2)16-6-7(17-12)8(13)9(14)10(15)11-18-4-3-5-19-11/h7-11,13-15H,3-6H2,1-2H3/t7-,8-,9-,10-/m1/s1. The quantitative estimate of drug-likeness (QED) is 0.694. The molecule has 3 N–H and O–H groups in total. The Kier molecular flexibility index (Phi) is 5.44. The van der Waals surface area contributed by atoms with E-state index in [9.17, 15) is 15.3 Å². The molecule has 0 aliphatic carbocycles. The Morgan fingerprint density at radius 2 is 1.74 bits per heavy atom. The fraction of sp³-hybridized carbons (Fsp3) is 1.00. The van der Waals surface area contributed by atoms with Gasteiger partial charge in [0.2, 0.25) is 0 Å². The second kappa shape index (κ2) is 6.51. The lowest BCUT2D eigenvalue weighted by molar-refractivity contribution is -0.167. The molecule has 2 heterocycles. The molecule has 4 atom stereocenters. The van der Waals surface area contributed by atoms with Gasteiger partial charge in [-0.1, -0.05) is 0 Å². The van der Waals surface area contributed by atoms with Crippen molar-refractivity contribution >= 4 is 23.5 Å². The SMILES string of the molecule is CC1(C)OC[C@H]([C@@H](O)[C@@H](O)[C@@H](O)C2SCCCS2)O1. The van der Waals surface area contributed by atoms with Crippen LogP contribution in [0, 0.1) is 0 Å². The molecule has 2 fully saturated rings. The maximum Gasteiger partial charge on any atom is 0.163 e. The third-order valence-electron chi connectivity index (χ3n) is 3.24. The molecule has 0 amide bonds. The zero-order valence-corrected chi connectivity index (χ0v) is 12.8. The van der Waals surface area contributed by atoms with Gasteiger partial charge in [0.1, 0.15) is 24.4 Å². The molecule has 112 valence electrons. The van der Waals surface area contributed by atoms with Gasteiger partial charge in [-0.15, -0.1) is 23.5 Å². The van der Waals surface area contributed by atoms with Crippen LogP contribution in [0.1, 0.15) is 20.3 Å². The normalized spacial score (nSPS) is 33.0. The highest BCUT2D eigenvalue weighted by Gasteiger charge is 2.43. The van der Waals surface area contributed by atoms with Gasteiger partial charge in [-0.05, 0) is 31.8 Å². The summed E-state index contributed by atoms with van der Waals surface area (Å²) in [5.41, 5.74) is 0. The number of rotatable bonds is 4. The van der Waals surface area contributed by atoms with Gasteiger partial charge in [-0.3, -0.25) is 0 Å². The van der Waals surface area contributed by atoms with Crippen LogP contribution in [0.2, 0.25) is 0 Å². The molecule has 7 heteroatoms. The summed E-state index contributed by atoms with van der Waals surface area (Å²) in [6, 6.07) is 0. The van der Waals surface area contributed by atoms with Crippen LogP contribution in [-0.4, -0.2) is 68.2 Å². The van der Waals surface area contributed by atoms with E-state index in [4.69, 9.17) is 9.47 Å². The molecular weight excluding hydrogens is 288 g/mol. The zero-order valence-electron chi connectivity index (χ0n) is 11.2. The average molecular weight is 310 g/mol. The molecule has 0 radical (unpaired) electrons. The Morgan fingerprint density at radius 1 is 1.11 bits per heavy atom. The van der Waals surface area contributed by atoms with Crippen molar-refractivity contribution < 1.29 is 24.8 Å². The summed E-state index contributed by atoms with van der Waals surface area (Å²) >= 11 is 3.26. The number of hydrogen-bond donors (Lipinski definition) is 3. The number of aliphatic hydroxyl groups is 3. The highest BCUT2D eigenvalue weighted by Crippen LogP contribution is 2.35. The first-order valence-electron chi connectivity index (χ1n) is 6.50. The van der Waals surface area contributed by atoms with E-state index in [-0.39, 0.29) is 11.2 Å². The van der Waals surface area contributed by atoms with Gasteiger partial charge in [0.05, 0.1) is 11.2 Å². The minimum atomic E-state index is -1.22. The second-order valence-corrected chi connectivity index (χ2v) is 8.10. The van der Waals surface area contributed by atoms with Crippen LogP contribution in [0.15, 0.2) is 0 Å². The summed E-state index contributed by atoms with van der Waals surface area (Å²) in [6.07, 6.45) is -2.80. The van der Waals surface area contributed by atoms with Gasteiger partial charge in [-0.25, -0.2) is 0 Å². The fourth-order valence-corrected chi connectivity index (χ4v) is 5.12. The lowest BCUT2D eigenvalue weighted by Crippen LogP contribution is -2.49.